The number of nitrogens with one attached hydrogen (secondary N) is 1. The molecule has 0 aliphatic carbocycles. The second-order valence-corrected chi connectivity index (χ2v) is 6.42. The van der Waals surface area contributed by atoms with Crippen molar-refractivity contribution >= 4 is 40.0 Å². The number of rotatable bonds is 4. The number of amides is 1. The highest BCUT2D eigenvalue weighted by atomic mass is 35.5. The Bertz CT molecular complexity index is 1100. The zero-order valence-corrected chi connectivity index (χ0v) is 15.7. The Balaban J connectivity index is 2.00. The zero-order valence-electron chi connectivity index (χ0n) is 14.9. The van der Waals surface area contributed by atoms with E-state index in [-0.39, 0.29) is 5.57 Å². The molecule has 0 aromatic heterocycles. The van der Waals surface area contributed by atoms with Crippen LogP contribution in [-0.4, -0.2) is 13.0 Å². The first-order valence-electron chi connectivity index (χ1n) is 8.28. The lowest BCUT2D eigenvalue weighted by Crippen LogP contribution is -2.14. The lowest BCUT2D eigenvalue weighted by atomic mass is 10.0. The Morgan fingerprint density at radius 1 is 1.15 bits per heavy atom. The van der Waals surface area contributed by atoms with Gasteiger partial charge < -0.3 is 10.1 Å². The summed E-state index contributed by atoms with van der Waals surface area (Å²) in [4.78, 5) is 12.6. The first-order valence-corrected chi connectivity index (χ1v) is 8.66. The first kappa shape index (κ1) is 18.5. The number of benzene rings is 3. The summed E-state index contributed by atoms with van der Waals surface area (Å²) in [5.41, 5.74) is 2.21. The molecule has 0 fully saturated rings. The summed E-state index contributed by atoms with van der Waals surface area (Å²) in [6.45, 7) is 1.86. The number of hydrogen-bond donors (Lipinski definition) is 1. The van der Waals surface area contributed by atoms with Crippen LogP contribution in [0.5, 0.6) is 5.75 Å². The van der Waals surface area contributed by atoms with Crippen molar-refractivity contribution in [2.75, 3.05) is 12.4 Å². The number of anilines is 1. The molecule has 0 heterocycles. The highest BCUT2D eigenvalue weighted by Crippen LogP contribution is 2.29. The van der Waals surface area contributed by atoms with Crippen molar-refractivity contribution in [3.05, 3.63) is 76.3 Å². The molecule has 0 aliphatic rings. The highest BCUT2D eigenvalue weighted by molar-refractivity contribution is 6.31. The van der Waals surface area contributed by atoms with Gasteiger partial charge in [-0.2, -0.15) is 5.26 Å². The van der Waals surface area contributed by atoms with E-state index < -0.39 is 5.91 Å². The average Bonchev–Trinajstić information content (AvgIpc) is 2.68. The molecule has 0 radical (unpaired) electrons. The fourth-order valence-electron chi connectivity index (χ4n) is 2.82. The molecule has 5 heteroatoms. The van der Waals surface area contributed by atoms with Gasteiger partial charge in [0.25, 0.3) is 5.91 Å². The number of nitrogens with zero attached hydrogens (tertiary/aromatic N) is 1. The second kappa shape index (κ2) is 7.94. The van der Waals surface area contributed by atoms with Gasteiger partial charge in [-0.05, 0) is 47.7 Å². The number of fused-ring (bicyclic) bond motifs is 1. The van der Waals surface area contributed by atoms with Gasteiger partial charge >= 0.3 is 0 Å². The van der Waals surface area contributed by atoms with Crippen LogP contribution in [-0.2, 0) is 4.79 Å². The number of halogens is 1. The molecular weight excluding hydrogens is 360 g/mol. The molecule has 3 aromatic carbocycles. The third-order valence-electron chi connectivity index (χ3n) is 4.25. The summed E-state index contributed by atoms with van der Waals surface area (Å²) < 4.78 is 5.39. The molecule has 134 valence electrons. The SMILES string of the molecule is COc1ccc(/C=C(\C#N)C(=O)Nc2cc(Cl)ccc2C)c2ccccc12. The molecule has 3 aromatic rings. The first-order chi connectivity index (χ1) is 13.0. The Hall–Kier alpha value is -3.29. The summed E-state index contributed by atoms with van der Waals surface area (Å²) in [6.07, 6.45) is 1.58. The monoisotopic (exact) mass is 376 g/mol. The lowest BCUT2D eigenvalue weighted by Gasteiger charge is -2.10. The van der Waals surface area contributed by atoms with Crippen LogP contribution in [0.3, 0.4) is 0 Å². The third-order valence-corrected chi connectivity index (χ3v) is 4.49. The lowest BCUT2D eigenvalue weighted by molar-refractivity contribution is -0.112. The summed E-state index contributed by atoms with van der Waals surface area (Å²) in [5, 5.41) is 14.6. The quantitative estimate of drug-likeness (QED) is 0.492. The number of ether oxygens (including phenoxy) is 1. The predicted molar refractivity (Wildman–Crippen MR) is 109 cm³/mol. The molecule has 4 nitrogen and oxygen atoms in total. The molecule has 0 saturated heterocycles. The van der Waals surface area contributed by atoms with E-state index in [2.05, 4.69) is 5.32 Å². The molecular formula is C22H17ClN2O2. The van der Waals surface area contributed by atoms with Crippen LogP contribution in [0.4, 0.5) is 5.69 Å². The summed E-state index contributed by atoms with van der Waals surface area (Å²) in [7, 11) is 1.61. The minimum Gasteiger partial charge on any atom is -0.496 e. The van der Waals surface area contributed by atoms with Crippen LogP contribution in [0.25, 0.3) is 16.8 Å². The second-order valence-electron chi connectivity index (χ2n) is 5.99. The largest absolute Gasteiger partial charge is 0.496 e. The summed E-state index contributed by atoms with van der Waals surface area (Å²) in [6, 6.07) is 18.5. The molecule has 0 aliphatic heterocycles. The molecule has 3 rings (SSSR count). The normalized spacial score (nSPS) is 11.1. The van der Waals surface area contributed by atoms with E-state index in [4.69, 9.17) is 16.3 Å². The van der Waals surface area contributed by atoms with Gasteiger partial charge in [-0.15, -0.1) is 0 Å². The molecule has 0 unspecified atom stereocenters. The minimum atomic E-state index is -0.484. The van der Waals surface area contributed by atoms with Crippen LogP contribution in [0.15, 0.2) is 60.2 Å². The average molecular weight is 377 g/mol. The van der Waals surface area contributed by atoms with Gasteiger partial charge in [0.2, 0.25) is 0 Å². The number of hydrogen-bond acceptors (Lipinski definition) is 3. The van der Waals surface area contributed by atoms with Gasteiger partial charge in [0.05, 0.1) is 7.11 Å². The van der Waals surface area contributed by atoms with Gasteiger partial charge in [0.1, 0.15) is 17.4 Å². The van der Waals surface area contributed by atoms with Crippen molar-refractivity contribution in [2.24, 2.45) is 0 Å². The fraction of sp³-hybridized carbons (Fsp3) is 0.0909. The van der Waals surface area contributed by atoms with Crippen LogP contribution in [0.2, 0.25) is 5.02 Å². The Kier molecular flexibility index (Phi) is 5.44. The molecule has 27 heavy (non-hydrogen) atoms. The van der Waals surface area contributed by atoms with Gasteiger partial charge in [-0.1, -0.05) is 48.0 Å². The molecule has 0 bridgehead atoms. The molecule has 0 atom stereocenters. The van der Waals surface area contributed by atoms with Crippen LogP contribution in [0.1, 0.15) is 11.1 Å². The molecule has 1 amide bonds. The summed E-state index contributed by atoms with van der Waals surface area (Å²) in [5.74, 6) is 0.253. The van der Waals surface area contributed by atoms with Crippen LogP contribution >= 0.6 is 11.6 Å². The fourth-order valence-corrected chi connectivity index (χ4v) is 2.99. The van der Waals surface area contributed by atoms with Gasteiger partial charge in [0, 0.05) is 16.1 Å². The third kappa shape index (κ3) is 3.94. The molecule has 1 N–H and O–H groups in total. The van der Waals surface area contributed by atoms with E-state index in [1.807, 2.05) is 55.5 Å². The minimum absolute atomic E-state index is 0.00435. The number of carbonyl (C=O) groups is 1. The Morgan fingerprint density at radius 2 is 1.89 bits per heavy atom. The summed E-state index contributed by atoms with van der Waals surface area (Å²) >= 11 is 5.99. The Morgan fingerprint density at radius 3 is 2.59 bits per heavy atom. The number of nitriles is 1. The zero-order chi connectivity index (χ0) is 19.4. The molecule has 0 spiro atoms. The number of carbonyl (C=O) groups excluding carboxylic acids is 1. The van der Waals surface area contributed by atoms with E-state index in [0.29, 0.717) is 10.7 Å². The topological polar surface area (TPSA) is 62.1 Å². The van der Waals surface area contributed by atoms with Crippen molar-refractivity contribution in [3.63, 3.8) is 0 Å². The Labute approximate surface area is 162 Å². The number of methoxy groups -OCH3 is 1. The van der Waals surface area contributed by atoms with Crippen molar-refractivity contribution in [1.29, 1.82) is 5.26 Å². The van der Waals surface area contributed by atoms with E-state index in [1.165, 1.54) is 0 Å². The van der Waals surface area contributed by atoms with Crippen molar-refractivity contribution in [2.45, 2.75) is 6.92 Å². The van der Waals surface area contributed by atoms with Gasteiger partial charge in [-0.3, -0.25) is 4.79 Å². The molecule has 0 saturated carbocycles. The maximum absolute atomic E-state index is 12.6. The standard InChI is InChI=1S/C22H17ClN2O2/c1-14-7-9-17(23)12-20(14)25-22(26)16(13-24)11-15-8-10-21(27-2)19-6-4-3-5-18(15)19/h3-12H,1-2H3,(H,25,26)/b16-11+. The van der Waals surface area contributed by atoms with Gasteiger partial charge in [0.15, 0.2) is 0 Å². The highest BCUT2D eigenvalue weighted by Gasteiger charge is 2.13. The van der Waals surface area contributed by atoms with Crippen molar-refractivity contribution in [1.82, 2.24) is 0 Å². The maximum atomic E-state index is 12.6. The predicted octanol–water partition coefficient (Wildman–Crippen LogP) is 5.36. The smallest absolute Gasteiger partial charge is 0.266 e. The van der Waals surface area contributed by atoms with Gasteiger partial charge in [-0.25, -0.2) is 0 Å². The van der Waals surface area contributed by atoms with Crippen molar-refractivity contribution < 1.29 is 9.53 Å². The van der Waals surface area contributed by atoms with Crippen LogP contribution < -0.4 is 10.1 Å². The van der Waals surface area contributed by atoms with E-state index in [1.54, 1.807) is 25.3 Å². The maximum Gasteiger partial charge on any atom is 0.266 e. The van der Waals surface area contributed by atoms with Crippen molar-refractivity contribution in [3.8, 4) is 11.8 Å². The van der Waals surface area contributed by atoms with E-state index in [0.717, 1.165) is 27.6 Å². The number of aryl methyl sites for hydroxylation is 1. The van der Waals surface area contributed by atoms with Crippen LogP contribution in [0, 0.1) is 18.3 Å². The van der Waals surface area contributed by atoms with E-state index in [9.17, 15) is 10.1 Å². The van der Waals surface area contributed by atoms with E-state index >= 15 is 0 Å².